The van der Waals surface area contributed by atoms with Crippen LogP contribution in [0.15, 0.2) is 0 Å². The Bertz CT molecular complexity index is 209. The van der Waals surface area contributed by atoms with Crippen molar-refractivity contribution < 1.29 is 14.9 Å². The molecule has 3 unspecified atom stereocenters. The molecule has 0 amide bonds. The van der Waals surface area contributed by atoms with E-state index in [9.17, 15) is 10.2 Å². The van der Waals surface area contributed by atoms with Gasteiger partial charge in [-0.15, -0.1) is 0 Å². The van der Waals surface area contributed by atoms with Gasteiger partial charge in [-0.1, -0.05) is 12.8 Å². The molecule has 1 aliphatic carbocycles. The summed E-state index contributed by atoms with van der Waals surface area (Å²) >= 11 is 0. The highest BCUT2D eigenvalue weighted by Gasteiger charge is 2.42. The van der Waals surface area contributed by atoms with Crippen LogP contribution in [0, 0.1) is 5.92 Å². The Morgan fingerprint density at radius 2 is 1.93 bits per heavy atom. The van der Waals surface area contributed by atoms with Crippen molar-refractivity contribution in [1.82, 2.24) is 0 Å². The van der Waals surface area contributed by atoms with Crippen LogP contribution < -0.4 is 0 Å². The van der Waals surface area contributed by atoms with E-state index >= 15 is 0 Å². The average molecular weight is 214 g/mol. The fourth-order valence-electron chi connectivity index (χ4n) is 3.12. The zero-order valence-electron chi connectivity index (χ0n) is 9.48. The Labute approximate surface area is 91.4 Å². The summed E-state index contributed by atoms with van der Waals surface area (Å²) in [5.41, 5.74) is 0.0405. The monoisotopic (exact) mass is 214 g/mol. The number of ether oxygens (including phenoxy) is 1. The normalized spacial score (nSPS) is 34.2. The van der Waals surface area contributed by atoms with Crippen molar-refractivity contribution in [2.24, 2.45) is 5.92 Å². The summed E-state index contributed by atoms with van der Waals surface area (Å²) < 4.78 is 5.89. The molecule has 1 saturated carbocycles. The third-order valence-electron chi connectivity index (χ3n) is 4.02. The van der Waals surface area contributed by atoms with E-state index in [1.54, 1.807) is 6.92 Å². The summed E-state index contributed by atoms with van der Waals surface area (Å²) in [6.07, 6.45) is 5.38. The van der Waals surface area contributed by atoms with Gasteiger partial charge in [0.15, 0.2) is 0 Å². The van der Waals surface area contributed by atoms with Gasteiger partial charge < -0.3 is 14.9 Å². The van der Waals surface area contributed by atoms with Gasteiger partial charge in [0.1, 0.15) is 0 Å². The lowest BCUT2D eigenvalue weighted by molar-refractivity contribution is -0.126. The molecule has 3 atom stereocenters. The zero-order valence-corrected chi connectivity index (χ0v) is 9.48. The predicted molar refractivity (Wildman–Crippen MR) is 57.6 cm³/mol. The first-order chi connectivity index (χ1) is 7.13. The highest BCUT2D eigenvalue weighted by atomic mass is 16.5. The summed E-state index contributed by atoms with van der Waals surface area (Å²) in [4.78, 5) is 0. The first-order valence-electron chi connectivity index (χ1n) is 6.13. The van der Waals surface area contributed by atoms with Crippen molar-refractivity contribution in [2.75, 3.05) is 6.61 Å². The maximum absolute atomic E-state index is 9.89. The molecule has 0 aromatic heterocycles. The van der Waals surface area contributed by atoms with Crippen LogP contribution in [0.4, 0.5) is 0 Å². The van der Waals surface area contributed by atoms with Crippen LogP contribution in [-0.4, -0.2) is 34.6 Å². The van der Waals surface area contributed by atoms with Gasteiger partial charge in [0.05, 0.1) is 17.8 Å². The first kappa shape index (κ1) is 11.4. The van der Waals surface area contributed by atoms with E-state index in [0.29, 0.717) is 0 Å². The highest BCUT2D eigenvalue weighted by Crippen LogP contribution is 2.43. The molecule has 3 heteroatoms. The summed E-state index contributed by atoms with van der Waals surface area (Å²) in [5.74, 6) is 0.219. The molecule has 15 heavy (non-hydrogen) atoms. The first-order valence-corrected chi connectivity index (χ1v) is 6.13. The Balaban J connectivity index is 1.97. The lowest BCUT2D eigenvalue weighted by Gasteiger charge is -2.40. The summed E-state index contributed by atoms with van der Waals surface area (Å²) in [5, 5.41) is 19.3. The van der Waals surface area contributed by atoms with E-state index in [-0.39, 0.29) is 11.5 Å². The van der Waals surface area contributed by atoms with Crippen LogP contribution in [0.5, 0.6) is 0 Å². The molecule has 3 nitrogen and oxygen atoms in total. The van der Waals surface area contributed by atoms with Gasteiger partial charge in [0.25, 0.3) is 0 Å². The van der Waals surface area contributed by atoms with Crippen LogP contribution >= 0.6 is 0 Å². The molecule has 0 bridgehead atoms. The van der Waals surface area contributed by atoms with Crippen LogP contribution in [-0.2, 0) is 4.74 Å². The Morgan fingerprint density at radius 3 is 2.53 bits per heavy atom. The molecule has 2 aliphatic rings. The Morgan fingerprint density at radius 1 is 1.27 bits per heavy atom. The number of rotatable bonds is 2. The van der Waals surface area contributed by atoms with Crippen LogP contribution in [0.3, 0.4) is 0 Å². The molecule has 88 valence electrons. The van der Waals surface area contributed by atoms with E-state index < -0.39 is 12.2 Å². The van der Waals surface area contributed by atoms with Crippen LogP contribution in [0.1, 0.15) is 45.4 Å². The van der Waals surface area contributed by atoms with E-state index in [1.165, 1.54) is 12.8 Å². The van der Waals surface area contributed by atoms with E-state index in [2.05, 4.69) is 0 Å². The molecular formula is C12H22O3. The molecule has 2 fully saturated rings. The second-order valence-corrected chi connectivity index (χ2v) is 5.22. The fraction of sp³-hybridized carbons (Fsp3) is 1.00. The summed E-state index contributed by atoms with van der Waals surface area (Å²) in [6, 6.07) is 0. The van der Waals surface area contributed by atoms with Gasteiger partial charge in [-0.2, -0.15) is 0 Å². The van der Waals surface area contributed by atoms with Crippen molar-refractivity contribution >= 4 is 0 Å². The number of hydrogen-bond donors (Lipinski definition) is 2. The lowest BCUT2D eigenvalue weighted by Crippen LogP contribution is -2.43. The molecular weight excluding hydrogens is 192 g/mol. The van der Waals surface area contributed by atoms with Gasteiger partial charge in [0, 0.05) is 6.61 Å². The SMILES string of the molecule is CC(O)C(O)C1CCOC2(CCCC2)C1. The van der Waals surface area contributed by atoms with Gasteiger partial charge >= 0.3 is 0 Å². The van der Waals surface area contributed by atoms with Gasteiger partial charge in [-0.3, -0.25) is 0 Å². The third kappa shape index (κ3) is 2.35. The smallest absolute Gasteiger partial charge is 0.0826 e. The van der Waals surface area contributed by atoms with Crippen LogP contribution in [0.2, 0.25) is 0 Å². The molecule has 1 aliphatic heterocycles. The number of aliphatic hydroxyl groups is 2. The quantitative estimate of drug-likeness (QED) is 0.732. The predicted octanol–water partition coefficient (Wildman–Crippen LogP) is 1.47. The maximum atomic E-state index is 9.89. The number of hydrogen-bond acceptors (Lipinski definition) is 3. The second kappa shape index (κ2) is 4.40. The van der Waals surface area contributed by atoms with E-state index in [0.717, 1.165) is 32.3 Å². The van der Waals surface area contributed by atoms with E-state index in [1.807, 2.05) is 0 Å². The minimum absolute atomic E-state index is 0.0405. The van der Waals surface area contributed by atoms with Crippen molar-refractivity contribution in [3.63, 3.8) is 0 Å². The van der Waals surface area contributed by atoms with Crippen molar-refractivity contribution in [2.45, 2.75) is 63.3 Å². The summed E-state index contributed by atoms with van der Waals surface area (Å²) in [7, 11) is 0. The second-order valence-electron chi connectivity index (χ2n) is 5.22. The topological polar surface area (TPSA) is 49.7 Å². The van der Waals surface area contributed by atoms with Crippen LogP contribution in [0.25, 0.3) is 0 Å². The Kier molecular flexibility index (Phi) is 3.33. The maximum Gasteiger partial charge on any atom is 0.0826 e. The molecule has 2 N–H and O–H groups in total. The van der Waals surface area contributed by atoms with E-state index in [4.69, 9.17) is 4.74 Å². The highest BCUT2D eigenvalue weighted by molar-refractivity contribution is 4.93. The molecule has 1 spiro atoms. The fourth-order valence-corrected chi connectivity index (χ4v) is 3.12. The average Bonchev–Trinajstić information content (AvgIpc) is 2.65. The molecule has 0 radical (unpaired) electrons. The zero-order chi connectivity index (χ0) is 10.9. The van der Waals surface area contributed by atoms with Crippen molar-refractivity contribution in [3.05, 3.63) is 0 Å². The van der Waals surface area contributed by atoms with Gasteiger partial charge in [0.2, 0.25) is 0 Å². The third-order valence-corrected chi connectivity index (χ3v) is 4.02. The minimum Gasteiger partial charge on any atom is -0.391 e. The van der Waals surface area contributed by atoms with Crippen molar-refractivity contribution in [1.29, 1.82) is 0 Å². The molecule has 2 rings (SSSR count). The summed E-state index contributed by atoms with van der Waals surface area (Å²) in [6.45, 7) is 2.41. The molecule has 0 aromatic carbocycles. The standard InChI is InChI=1S/C12H22O3/c1-9(13)11(14)10-4-7-15-12(8-10)5-2-3-6-12/h9-11,13-14H,2-8H2,1H3. The lowest BCUT2D eigenvalue weighted by atomic mass is 9.80. The van der Waals surface area contributed by atoms with Gasteiger partial charge in [-0.25, -0.2) is 0 Å². The molecule has 1 saturated heterocycles. The largest absolute Gasteiger partial charge is 0.391 e. The van der Waals surface area contributed by atoms with Crippen molar-refractivity contribution in [3.8, 4) is 0 Å². The Hall–Kier alpha value is -0.120. The van der Waals surface area contributed by atoms with Gasteiger partial charge in [-0.05, 0) is 38.5 Å². The molecule has 1 heterocycles. The minimum atomic E-state index is -0.619. The molecule has 0 aromatic rings. The number of aliphatic hydroxyl groups excluding tert-OH is 2.